The molecule has 1 saturated carbocycles. The molecule has 5 nitrogen and oxygen atoms in total. The highest BCUT2D eigenvalue weighted by atomic mass is 16.5. The van der Waals surface area contributed by atoms with E-state index in [0.717, 1.165) is 29.2 Å². The normalized spacial score (nSPS) is 18.7. The molecule has 172 valence electrons. The Bertz CT molecular complexity index is 958. The van der Waals surface area contributed by atoms with E-state index >= 15 is 0 Å². The lowest BCUT2D eigenvalue weighted by atomic mass is 9.78. The van der Waals surface area contributed by atoms with Crippen molar-refractivity contribution in [3.8, 4) is 11.1 Å². The zero-order chi connectivity index (χ0) is 23.1. The van der Waals surface area contributed by atoms with Gasteiger partial charge in [0.1, 0.15) is 11.6 Å². The van der Waals surface area contributed by atoms with Crippen molar-refractivity contribution >= 4 is 5.82 Å². The molecule has 0 spiro atoms. The fourth-order valence-electron chi connectivity index (χ4n) is 4.22. The third kappa shape index (κ3) is 6.35. The lowest BCUT2D eigenvalue weighted by molar-refractivity contribution is 0.301. The molecule has 2 aromatic rings. The van der Waals surface area contributed by atoms with Crippen LogP contribution in [0.5, 0.6) is 0 Å². The first-order chi connectivity index (χ1) is 15.4. The highest BCUT2D eigenvalue weighted by Gasteiger charge is 2.22. The van der Waals surface area contributed by atoms with E-state index in [1.165, 1.54) is 36.8 Å². The van der Waals surface area contributed by atoms with Crippen LogP contribution in [0.3, 0.4) is 0 Å². The Morgan fingerprint density at radius 2 is 1.97 bits per heavy atom. The SMILES string of the molecule is C=C(/C=C\C(OC)=C(C)C)[C@H]1CC[C@H](CNc2cc(-c3cnn(C(C)C)c3)ccn2)CC1. The first-order valence-corrected chi connectivity index (χ1v) is 11.7. The topological polar surface area (TPSA) is 52.0 Å². The molecule has 3 rings (SSSR count). The standard InChI is InChI=1S/C27H38N4O/c1-19(2)26(32-6)12-7-21(5)23-10-8-22(9-11-23)16-29-27-15-24(13-14-28-27)25-17-30-31(18-25)20(3)4/h7,12-15,17-18,20,22-23H,5,8-11,16H2,1-4,6H3,(H,28,29)/b12-7-/t22-,23-. The number of nitrogens with one attached hydrogen (secondary N) is 1. The predicted octanol–water partition coefficient (Wildman–Crippen LogP) is 6.80. The fourth-order valence-corrected chi connectivity index (χ4v) is 4.22. The molecule has 1 N–H and O–H groups in total. The van der Waals surface area contributed by atoms with Gasteiger partial charge in [0.15, 0.2) is 0 Å². The molecule has 0 bridgehead atoms. The van der Waals surface area contributed by atoms with Gasteiger partial charge in [0, 0.05) is 30.5 Å². The third-order valence-corrected chi connectivity index (χ3v) is 6.33. The van der Waals surface area contributed by atoms with E-state index < -0.39 is 0 Å². The minimum absolute atomic E-state index is 0.360. The van der Waals surface area contributed by atoms with E-state index in [-0.39, 0.29) is 0 Å². The van der Waals surface area contributed by atoms with E-state index in [4.69, 9.17) is 4.74 Å². The molecule has 0 saturated heterocycles. The lowest BCUT2D eigenvalue weighted by Gasteiger charge is -2.29. The smallest absolute Gasteiger partial charge is 0.126 e. The molecular weight excluding hydrogens is 396 g/mol. The maximum atomic E-state index is 5.42. The molecule has 0 aromatic carbocycles. The van der Waals surface area contributed by atoms with Gasteiger partial charge in [-0.1, -0.05) is 18.2 Å². The van der Waals surface area contributed by atoms with Crippen LogP contribution in [0.4, 0.5) is 5.82 Å². The summed E-state index contributed by atoms with van der Waals surface area (Å²) in [5.41, 5.74) is 4.66. The summed E-state index contributed by atoms with van der Waals surface area (Å²) in [6, 6.07) is 4.52. The quantitative estimate of drug-likeness (QED) is 0.348. The van der Waals surface area contributed by atoms with Crippen LogP contribution in [-0.4, -0.2) is 28.4 Å². The number of aromatic nitrogens is 3. The molecule has 0 atom stereocenters. The zero-order valence-electron chi connectivity index (χ0n) is 20.3. The largest absolute Gasteiger partial charge is 0.497 e. The Kier molecular flexibility index (Phi) is 8.32. The van der Waals surface area contributed by atoms with Crippen molar-refractivity contribution in [3.63, 3.8) is 0 Å². The van der Waals surface area contributed by atoms with Gasteiger partial charge in [-0.3, -0.25) is 4.68 Å². The van der Waals surface area contributed by atoms with Crippen molar-refractivity contribution in [1.29, 1.82) is 0 Å². The van der Waals surface area contributed by atoms with Gasteiger partial charge in [-0.2, -0.15) is 5.10 Å². The monoisotopic (exact) mass is 434 g/mol. The fraction of sp³-hybridized carbons (Fsp3) is 0.481. The van der Waals surface area contributed by atoms with E-state index in [1.807, 2.05) is 23.1 Å². The summed E-state index contributed by atoms with van der Waals surface area (Å²) in [6.07, 6.45) is 14.9. The molecule has 0 amide bonds. The van der Waals surface area contributed by atoms with Crippen LogP contribution < -0.4 is 5.32 Å². The van der Waals surface area contributed by atoms with Crippen molar-refractivity contribution in [1.82, 2.24) is 14.8 Å². The molecule has 5 heteroatoms. The summed E-state index contributed by atoms with van der Waals surface area (Å²) < 4.78 is 7.41. The molecule has 32 heavy (non-hydrogen) atoms. The number of methoxy groups -OCH3 is 1. The first-order valence-electron chi connectivity index (χ1n) is 11.7. The van der Waals surface area contributed by atoms with Crippen molar-refractivity contribution in [3.05, 3.63) is 66.4 Å². The van der Waals surface area contributed by atoms with Crippen LogP contribution >= 0.6 is 0 Å². The van der Waals surface area contributed by atoms with Gasteiger partial charge in [0.05, 0.1) is 13.3 Å². The summed E-state index contributed by atoms with van der Waals surface area (Å²) in [5.74, 6) is 3.10. The minimum atomic E-state index is 0.360. The van der Waals surface area contributed by atoms with Crippen LogP contribution in [0, 0.1) is 11.8 Å². The Morgan fingerprint density at radius 3 is 2.59 bits per heavy atom. The van der Waals surface area contributed by atoms with Gasteiger partial charge in [-0.05, 0) is 94.6 Å². The number of allylic oxidation sites excluding steroid dienone is 4. The average Bonchev–Trinajstić information content (AvgIpc) is 3.29. The Labute approximate surface area is 193 Å². The van der Waals surface area contributed by atoms with E-state index in [9.17, 15) is 0 Å². The molecule has 0 unspecified atom stereocenters. The van der Waals surface area contributed by atoms with Crippen LogP contribution in [0.2, 0.25) is 0 Å². The van der Waals surface area contributed by atoms with Crippen molar-refractivity contribution in [2.24, 2.45) is 11.8 Å². The third-order valence-electron chi connectivity index (χ3n) is 6.33. The number of anilines is 1. The Morgan fingerprint density at radius 1 is 1.22 bits per heavy atom. The maximum Gasteiger partial charge on any atom is 0.126 e. The van der Waals surface area contributed by atoms with Crippen LogP contribution in [0.1, 0.15) is 59.4 Å². The van der Waals surface area contributed by atoms with Gasteiger partial charge < -0.3 is 10.1 Å². The van der Waals surface area contributed by atoms with E-state index in [2.05, 4.69) is 74.1 Å². The van der Waals surface area contributed by atoms with Crippen LogP contribution in [-0.2, 0) is 4.74 Å². The first kappa shape index (κ1) is 23.8. The van der Waals surface area contributed by atoms with Crippen molar-refractivity contribution < 1.29 is 4.74 Å². The van der Waals surface area contributed by atoms with Crippen molar-refractivity contribution in [2.45, 2.75) is 59.4 Å². The van der Waals surface area contributed by atoms with Crippen LogP contribution in [0.15, 0.2) is 66.4 Å². The number of hydrogen-bond acceptors (Lipinski definition) is 4. The highest BCUT2D eigenvalue weighted by Crippen LogP contribution is 2.33. The summed E-state index contributed by atoms with van der Waals surface area (Å²) in [4.78, 5) is 4.52. The second kappa shape index (κ2) is 11.2. The van der Waals surface area contributed by atoms with Crippen molar-refractivity contribution in [2.75, 3.05) is 19.0 Å². The summed E-state index contributed by atoms with van der Waals surface area (Å²) >= 11 is 0. The summed E-state index contributed by atoms with van der Waals surface area (Å²) in [6.45, 7) is 13.7. The molecular formula is C27H38N4O. The molecule has 1 fully saturated rings. The predicted molar refractivity (Wildman–Crippen MR) is 133 cm³/mol. The number of rotatable bonds is 9. The Hall–Kier alpha value is -2.82. The Balaban J connectivity index is 1.49. The molecule has 0 aliphatic heterocycles. The zero-order valence-corrected chi connectivity index (χ0v) is 20.3. The molecule has 2 aromatic heterocycles. The maximum absolute atomic E-state index is 5.42. The van der Waals surface area contributed by atoms with Gasteiger partial charge >= 0.3 is 0 Å². The second-order valence-electron chi connectivity index (χ2n) is 9.31. The van der Waals surface area contributed by atoms with E-state index in [0.29, 0.717) is 17.9 Å². The van der Waals surface area contributed by atoms with Gasteiger partial charge in [-0.15, -0.1) is 0 Å². The molecule has 0 radical (unpaired) electrons. The number of hydrogen-bond donors (Lipinski definition) is 1. The van der Waals surface area contributed by atoms with Gasteiger partial charge in [-0.25, -0.2) is 4.98 Å². The molecule has 1 aliphatic carbocycles. The minimum Gasteiger partial charge on any atom is -0.497 e. The second-order valence-corrected chi connectivity index (χ2v) is 9.31. The van der Waals surface area contributed by atoms with Gasteiger partial charge in [0.25, 0.3) is 0 Å². The average molecular weight is 435 g/mol. The molecule has 1 aliphatic rings. The number of nitrogens with zero attached hydrogens (tertiary/aromatic N) is 3. The lowest BCUT2D eigenvalue weighted by Crippen LogP contribution is -2.22. The van der Waals surface area contributed by atoms with Gasteiger partial charge in [0.2, 0.25) is 0 Å². The summed E-state index contributed by atoms with van der Waals surface area (Å²) in [5, 5.41) is 8.01. The van der Waals surface area contributed by atoms with Crippen LogP contribution in [0.25, 0.3) is 11.1 Å². The highest BCUT2D eigenvalue weighted by molar-refractivity contribution is 5.64. The summed E-state index contributed by atoms with van der Waals surface area (Å²) in [7, 11) is 1.72. The van der Waals surface area contributed by atoms with E-state index in [1.54, 1.807) is 7.11 Å². The number of pyridine rings is 1. The molecule has 2 heterocycles. The number of ether oxygens (including phenoxy) is 1.